The van der Waals surface area contributed by atoms with Gasteiger partial charge in [-0.15, -0.1) is 0 Å². The van der Waals surface area contributed by atoms with Crippen LogP contribution < -0.4 is 0 Å². The molecule has 96 valence electrons. The summed E-state index contributed by atoms with van der Waals surface area (Å²) in [4.78, 5) is 11.3. The number of aromatic carboxylic acids is 1. The summed E-state index contributed by atoms with van der Waals surface area (Å²) >= 11 is 0. The molecule has 0 aromatic heterocycles. The molecule has 0 aliphatic heterocycles. The number of carboxylic acid groups (broad SMARTS) is 1. The third kappa shape index (κ3) is 2.95. The Balaban J connectivity index is 2.55. The predicted molar refractivity (Wildman–Crippen MR) is 77.3 cm³/mol. The molecule has 2 rings (SSSR count). The number of carbonyl (C=O) groups is 1. The largest absolute Gasteiger partial charge is 0.478 e. The average Bonchev–Trinajstić information content (AvgIpc) is 2.43. The van der Waals surface area contributed by atoms with Crippen molar-refractivity contribution in [1.29, 1.82) is 0 Å². The molecule has 0 fully saturated rings. The van der Waals surface area contributed by atoms with Gasteiger partial charge < -0.3 is 5.11 Å². The lowest BCUT2D eigenvalue weighted by Gasteiger charge is -2.04. The summed E-state index contributed by atoms with van der Waals surface area (Å²) in [5.41, 5.74) is 0.907. The molecule has 0 aliphatic rings. The SMILES string of the molecule is CCCCC#Cc1c(C(=O)O)ccc2ccccc12. The van der Waals surface area contributed by atoms with Gasteiger partial charge in [0.25, 0.3) is 0 Å². The summed E-state index contributed by atoms with van der Waals surface area (Å²) in [6, 6.07) is 11.2. The van der Waals surface area contributed by atoms with E-state index in [1.165, 1.54) is 0 Å². The first kappa shape index (κ1) is 13.2. The Morgan fingerprint density at radius 1 is 1.21 bits per heavy atom. The minimum absolute atomic E-state index is 0.280. The van der Waals surface area contributed by atoms with Gasteiger partial charge in [-0.3, -0.25) is 0 Å². The molecule has 19 heavy (non-hydrogen) atoms. The van der Waals surface area contributed by atoms with Crippen LogP contribution in [0.15, 0.2) is 36.4 Å². The van der Waals surface area contributed by atoms with Crippen LogP contribution in [0.4, 0.5) is 0 Å². The normalized spacial score (nSPS) is 9.95. The molecule has 0 saturated carbocycles. The van der Waals surface area contributed by atoms with Gasteiger partial charge >= 0.3 is 5.97 Å². The van der Waals surface area contributed by atoms with Crippen molar-refractivity contribution < 1.29 is 9.90 Å². The predicted octanol–water partition coefficient (Wildman–Crippen LogP) is 4.08. The molecule has 0 aliphatic carbocycles. The highest BCUT2D eigenvalue weighted by atomic mass is 16.4. The van der Waals surface area contributed by atoms with Crippen LogP contribution in [0.25, 0.3) is 10.8 Å². The second-order valence-corrected chi connectivity index (χ2v) is 4.42. The first-order chi connectivity index (χ1) is 9.24. The van der Waals surface area contributed by atoms with E-state index < -0.39 is 5.97 Å². The first-order valence-corrected chi connectivity index (χ1v) is 6.48. The number of unbranched alkanes of at least 4 members (excludes halogenated alkanes) is 2. The van der Waals surface area contributed by atoms with Crippen LogP contribution in [0.2, 0.25) is 0 Å². The number of hydrogen-bond donors (Lipinski definition) is 1. The van der Waals surface area contributed by atoms with E-state index in [0.29, 0.717) is 5.56 Å². The van der Waals surface area contributed by atoms with E-state index in [4.69, 9.17) is 0 Å². The number of benzene rings is 2. The van der Waals surface area contributed by atoms with E-state index in [1.807, 2.05) is 30.3 Å². The Morgan fingerprint density at radius 3 is 2.74 bits per heavy atom. The lowest BCUT2D eigenvalue weighted by atomic mass is 9.99. The number of fused-ring (bicyclic) bond motifs is 1. The molecule has 2 nitrogen and oxygen atoms in total. The van der Waals surface area contributed by atoms with Crippen LogP contribution in [-0.4, -0.2) is 11.1 Å². The van der Waals surface area contributed by atoms with Gasteiger partial charge in [0.2, 0.25) is 0 Å². The average molecular weight is 252 g/mol. The van der Waals surface area contributed by atoms with E-state index in [-0.39, 0.29) is 5.56 Å². The molecule has 0 spiro atoms. The van der Waals surface area contributed by atoms with E-state index in [2.05, 4.69) is 18.8 Å². The van der Waals surface area contributed by atoms with Gasteiger partial charge in [-0.25, -0.2) is 4.79 Å². The Labute approximate surface area is 113 Å². The Bertz CT molecular complexity index is 660. The molecule has 0 heterocycles. The van der Waals surface area contributed by atoms with Crippen LogP contribution in [0.1, 0.15) is 42.1 Å². The van der Waals surface area contributed by atoms with Crippen molar-refractivity contribution in [2.24, 2.45) is 0 Å². The second-order valence-electron chi connectivity index (χ2n) is 4.42. The molecule has 0 radical (unpaired) electrons. The van der Waals surface area contributed by atoms with E-state index >= 15 is 0 Å². The minimum atomic E-state index is -0.925. The molecular formula is C17H16O2. The summed E-state index contributed by atoms with van der Waals surface area (Å²) < 4.78 is 0. The fourth-order valence-electron chi connectivity index (χ4n) is 2.00. The van der Waals surface area contributed by atoms with Crippen LogP contribution >= 0.6 is 0 Å². The standard InChI is InChI=1S/C17H16O2/c1-2-3-4-5-10-15-14-9-7-6-8-13(14)11-12-16(15)17(18)19/h6-9,11-12H,2-4H2,1H3,(H,18,19). The summed E-state index contributed by atoms with van der Waals surface area (Å²) in [6.45, 7) is 2.11. The third-order valence-corrected chi connectivity index (χ3v) is 3.03. The molecule has 0 unspecified atom stereocenters. The molecule has 0 saturated heterocycles. The Hall–Kier alpha value is -2.27. The minimum Gasteiger partial charge on any atom is -0.478 e. The zero-order valence-corrected chi connectivity index (χ0v) is 10.9. The molecule has 2 aromatic rings. The Morgan fingerprint density at radius 2 is 2.00 bits per heavy atom. The first-order valence-electron chi connectivity index (χ1n) is 6.48. The van der Waals surface area contributed by atoms with Crippen LogP contribution in [-0.2, 0) is 0 Å². The number of carboxylic acids is 1. The third-order valence-electron chi connectivity index (χ3n) is 3.03. The van der Waals surface area contributed by atoms with Crippen molar-refractivity contribution in [2.45, 2.75) is 26.2 Å². The molecule has 0 bridgehead atoms. The maximum atomic E-state index is 11.3. The summed E-state index contributed by atoms with van der Waals surface area (Å²) in [6.07, 6.45) is 2.94. The van der Waals surface area contributed by atoms with Crippen LogP contribution in [0, 0.1) is 11.8 Å². The van der Waals surface area contributed by atoms with Crippen molar-refractivity contribution in [3.8, 4) is 11.8 Å². The van der Waals surface area contributed by atoms with Crippen molar-refractivity contribution in [1.82, 2.24) is 0 Å². The van der Waals surface area contributed by atoms with Crippen molar-refractivity contribution >= 4 is 16.7 Å². The second kappa shape index (κ2) is 6.06. The van der Waals surface area contributed by atoms with Gasteiger partial charge in [-0.2, -0.15) is 0 Å². The summed E-state index contributed by atoms with van der Waals surface area (Å²) in [5, 5.41) is 11.2. The smallest absolute Gasteiger partial charge is 0.336 e. The van der Waals surface area contributed by atoms with Gasteiger partial charge in [0.15, 0.2) is 0 Å². The van der Waals surface area contributed by atoms with Gasteiger partial charge in [-0.1, -0.05) is 55.5 Å². The maximum Gasteiger partial charge on any atom is 0.336 e. The fraction of sp³-hybridized carbons (Fsp3) is 0.235. The molecule has 2 aromatic carbocycles. The lowest BCUT2D eigenvalue weighted by Crippen LogP contribution is -2.00. The highest BCUT2D eigenvalue weighted by molar-refractivity contribution is 6.00. The van der Waals surface area contributed by atoms with E-state index in [1.54, 1.807) is 6.07 Å². The number of hydrogen-bond acceptors (Lipinski definition) is 1. The summed E-state index contributed by atoms with van der Waals surface area (Å²) in [5.74, 6) is 5.19. The Kier molecular flexibility index (Phi) is 4.20. The van der Waals surface area contributed by atoms with Gasteiger partial charge in [0.1, 0.15) is 0 Å². The monoisotopic (exact) mass is 252 g/mol. The quantitative estimate of drug-likeness (QED) is 0.660. The van der Waals surface area contributed by atoms with E-state index in [0.717, 1.165) is 30.0 Å². The van der Waals surface area contributed by atoms with Gasteiger partial charge in [0.05, 0.1) is 5.56 Å². The molecule has 0 atom stereocenters. The highest BCUT2D eigenvalue weighted by Gasteiger charge is 2.11. The van der Waals surface area contributed by atoms with Gasteiger partial charge in [-0.05, 0) is 23.3 Å². The molecular weight excluding hydrogens is 236 g/mol. The zero-order chi connectivity index (χ0) is 13.7. The maximum absolute atomic E-state index is 11.3. The lowest BCUT2D eigenvalue weighted by molar-refractivity contribution is 0.0697. The van der Waals surface area contributed by atoms with Crippen LogP contribution in [0.3, 0.4) is 0 Å². The topological polar surface area (TPSA) is 37.3 Å². The zero-order valence-electron chi connectivity index (χ0n) is 10.9. The number of rotatable bonds is 3. The fourth-order valence-corrected chi connectivity index (χ4v) is 2.00. The van der Waals surface area contributed by atoms with Crippen molar-refractivity contribution in [2.75, 3.05) is 0 Å². The molecule has 2 heteroatoms. The highest BCUT2D eigenvalue weighted by Crippen LogP contribution is 2.22. The van der Waals surface area contributed by atoms with Crippen LogP contribution in [0.5, 0.6) is 0 Å². The molecule has 0 amide bonds. The van der Waals surface area contributed by atoms with E-state index in [9.17, 15) is 9.90 Å². The van der Waals surface area contributed by atoms with Crippen molar-refractivity contribution in [3.63, 3.8) is 0 Å². The molecule has 1 N–H and O–H groups in total. The summed E-state index contributed by atoms with van der Waals surface area (Å²) in [7, 11) is 0. The van der Waals surface area contributed by atoms with Crippen molar-refractivity contribution in [3.05, 3.63) is 47.5 Å². The van der Waals surface area contributed by atoms with Gasteiger partial charge in [0, 0.05) is 12.0 Å².